The number of nitrogens with one attached hydrogen (secondary N) is 1. The Morgan fingerprint density at radius 2 is 2.22 bits per heavy atom. The summed E-state index contributed by atoms with van der Waals surface area (Å²) >= 11 is 9.01. The fraction of sp³-hybridized carbons (Fsp3) is 0.250. The minimum absolute atomic E-state index is 0.370. The molecule has 2 aromatic heterocycles. The maximum Gasteiger partial charge on any atom is 0.249 e. The first kappa shape index (κ1) is 13.5. The quantitative estimate of drug-likeness (QED) is 0.806. The molecule has 0 saturated carbocycles. The Morgan fingerprint density at radius 1 is 1.39 bits per heavy atom. The van der Waals surface area contributed by atoms with E-state index in [-0.39, 0.29) is 5.91 Å². The molecule has 3 N–H and O–H groups in total. The third-order valence-electron chi connectivity index (χ3n) is 2.41. The van der Waals surface area contributed by atoms with Crippen LogP contribution >= 0.6 is 34.3 Å². The van der Waals surface area contributed by atoms with Gasteiger partial charge in [0, 0.05) is 28.2 Å². The average Bonchev–Trinajstić information content (AvgIpc) is 2.93. The zero-order valence-corrected chi connectivity index (χ0v) is 12.0. The van der Waals surface area contributed by atoms with Gasteiger partial charge in [-0.05, 0) is 24.6 Å². The highest BCUT2D eigenvalue weighted by molar-refractivity contribution is 7.16. The normalized spacial score (nSPS) is 10.7. The van der Waals surface area contributed by atoms with Crippen LogP contribution in [0.3, 0.4) is 0 Å². The van der Waals surface area contributed by atoms with Gasteiger partial charge >= 0.3 is 0 Å². The lowest BCUT2D eigenvalue weighted by molar-refractivity contribution is 0.100. The summed E-state index contributed by atoms with van der Waals surface area (Å²) in [4.78, 5) is 13.3. The average molecular weight is 301 g/mol. The highest BCUT2D eigenvalue weighted by Gasteiger charge is 2.04. The van der Waals surface area contributed by atoms with Crippen molar-refractivity contribution in [1.82, 2.24) is 5.32 Å². The van der Waals surface area contributed by atoms with E-state index in [1.54, 1.807) is 28.1 Å². The SMILES string of the molecule is NC(=O)c1csc(CNCCc2ccc(Cl)s2)c1. The summed E-state index contributed by atoms with van der Waals surface area (Å²) in [6, 6.07) is 5.80. The summed E-state index contributed by atoms with van der Waals surface area (Å²) in [6.07, 6.45) is 0.964. The summed E-state index contributed by atoms with van der Waals surface area (Å²) < 4.78 is 0.828. The van der Waals surface area contributed by atoms with Crippen LogP contribution in [-0.2, 0) is 13.0 Å². The maximum absolute atomic E-state index is 10.9. The van der Waals surface area contributed by atoms with Crippen LogP contribution in [-0.4, -0.2) is 12.5 Å². The van der Waals surface area contributed by atoms with E-state index in [1.165, 1.54) is 4.88 Å². The number of rotatable bonds is 6. The topological polar surface area (TPSA) is 55.1 Å². The Labute approximate surface area is 119 Å². The molecule has 6 heteroatoms. The van der Waals surface area contributed by atoms with Crippen molar-refractivity contribution in [2.45, 2.75) is 13.0 Å². The van der Waals surface area contributed by atoms with Gasteiger partial charge in [0.1, 0.15) is 0 Å². The number of amides is 1. The Balaban J connectivity index is 1.73. The first-order chi connectivity index (χ1) is 8.65. The van der Waals surface area contributed by atoms with Crippen molar-refractivity contribution in [3.63, 3.8) is 0 Å². The summed E-state index contributed by atoms with van der Waals surface area (Å²) in [5, 5.41) is 5.12. The van der Waals surface area contributed by atoms with Gasteiger partial charge < -0.3 is 11.1 Å². The van der Waals surface area contributed by atoms with Gasteiger partial charge in [-0.15, -0.1) is 22.7 Å². The molecule has 0 aliphatic rings. The van der Waals surface area contributed by atoms with Crippen LogP contribution in [0.4, 0.5) is 0 Å². The number of thiophene rings is 2. The van der Waals surface area contributed by atoms with Crippen molar-refractivity contribution in [2.75, 3.05) is 6.54 Å². The summed E-state index contributed by atoms with van der Waals surface area (Å²) in [5.41, 5.74) is 5.78. The lowest BCUT2D eigenvalue weighted by atomic mass is 10.3. The van der Waals surface area contributed by atoms with Crippen LogP contribution in [0.25, 0.3) is 0 Å². The van der Waals surface area contributed by atoms with E-state index < -0.39 is 0 Å². The summed E-state index contributed by atoms with van der Waals surface area (Å²) in [7, 11) is 0. The van der Waals surface area contributed by atoms with Gasteiger partial charge in [0.15, 0.2) is 0 Å². The lowest BCUT2D eigenvalue weighted by Gasteiger charge is -2.01. The number of carbonyl (C=O) groups excluding carboxylic acids is 1. The Bertz CT molecular complexity index is 536. The predicted molar refractivity (Wildman–Crippen MR) is 77.6 cm³/mol. The van der Waals surface area contributed by atoms with Gasteiger partial charge in [-0.3, -0.25) is 4.79 Å². The largest absolute Gasteiger partial charge is 0.366 e. The molecule has 0 aromatic carbocycles. The van der Waals surface area contributed by atoms with E-state index in [4.69, 9.17) is 17.3 Å². The van der Waals surface area contributed by atoms with E-state index in [0.717, 1.165) is 28.7 Å². The number of nitrogens with two attached hydrogens (primary N) is 1. The first-order valence-electron chi connectivity index (χ1n) is 5.47. The van der Waals surface area contributed by atoms with Gasteiger partial charge in [-0.2, -0.15) is 0 Å². The van der Waals surface area contributed by atoms with E-state index in [2.05, 4.69) is 5.32 Å². The second-order valence-electron chi connectivity index (χ2n) is 3.80. The molecule has 0 bridgehead atoms. The van der Waals surface area contributed by atoms with Gasteiger partial charge in [-0.25, -0.2) is 0 Å². The third kappa shape index (κ3) is 3.81. The number of halogens is 1. The van der Waals surface area contributed by atoms with Crippen LogP contribution < -0.4 is 11.1 Å². The number of hydrogen-bond donors (Lipinski definition) is 2. The molecule has 0 fully saturated rings. The molecule has 0 saturated heterocycles. The van der Waals surface area contributed by atoms with E-state index in [9.17, 15) is 4.79 Å². The molecule has 2 rings (SSSR count). The third-order valence-corrected chi connectivity index (χ3v) is 4.64. The smallest absolute Gasteiger partial charge is 0.249 e. The zero-order chi connectivity index (χ0) is 13.0. The highest BCUT2D eigenvalue weighted by Crippen LogP contribution is 2.21. The molecule has 18 heavy (non-hydrogen) atoms. The molecule has 2 heterocycles. The van der Waals surface area contributed by atoms with Crippen LogP contribution in [0.1, 0.15) is 20.1 Å². The Kier molecular flexibility index (Phi) is 4.77. The second kappa shape index (κ2) is 6.33. The van der Waals surface area contributed by atoms with Crippen LogP contribution in [0.5, 0.6) is 0 Å². The van der Waals surface area contributed by atoms with Gasteiger partial charge in [0.25, 0.3) is 0 Å². The Hall–Kier alpha value is -0.880. The van der Waals surface area contributed by atoms with Crippen LogP contribution in [0, 0.1) is 0 Å². The molecule has 0 aliphatic heterocycles. The molecular formula is C12H13ClN2OS2. The van der Waals surface area contributed by atoms with E-state index >= 15 is 0 Å². The Morgan fingerprint density at radius 3 is 2.83 bits per heavy atom. The minimum Gasteiger partial charge on any atom is -0.366 e. The van der Waals surface area contributed by atoms with E-state index in [0.29, 0.717) is 5.56 Å². The van der Waals surface area contributed by atoms with E-state index in [1.807, 2.05) is 18.2 Å². The van der Waals surface area contributed by atoms with Gasteiger partial charge in [0.2, 0.25) is 5.91 Å². The second-order valence-corrected chi connectivity index (χ2v) is 6.59. The van der Waals surface area contributed by atoms with Crippen LogP contribution in [0.2, 0.25) is 4.34 Å². The van der Waals surface area contributed by atoms with Crippen molar-refractivity contribution in [3.05, 3.63) is 43.2 Å². The van der Waals surface area contributed by atoms with Gasteiger partial charge in [0.05, 0.1) is 9.90 Å². The molecule has 0 atom stereocenters. The summed E-state index contributed by atoms with van der Waals surface area (Å²) in [5.74, 6) is -0.370. The fourth-order valence-electron chi connectivity index (χ4n) is 1.51. The number of primary amides is 1. The van der Waals surface area contributed by atoms with Crippen LogP contribution in [0.15, 0.2) is 23.6 Å². The molecule has 0 spiro atoms. The van der Waals surface area contributed by atoms with Crippen molar-refractivity contribution in [3.8, 4) is 0 Å². The molecule has 1 amide bonds. The van der Waals surface area contributed by atoms with Crippen molar-refractivity contribution in [1.29, 1.82) is 0 Å². The molecule has 2 aromatic rings. The van der Waals surface area contributed by atoms with Crippen molar-refractivity contribution < 1.29 is 4.79 Å². The maximum atomic E-state index is 10.9. The predicted octanol–water partition coefficient (Wildman–Crippen LogP) is 2.89. The van der Waals surface area contributed by atoms with Crippen molar-refractivity contribution >= 4 is 40.2 Å². The monoisotopic (exact) mass is 300 g/mol. The summed E-state index contributed by atoms with van der Waals surface area (Å²) in [6.45, 7) is 1.65. The number of hydrogen-bond acceptors (Lipinski definition) is 4. The lowest BCUT2D eigenvalue weighted by Crippen LogP contribution is -2.15. The molecule has 0 aliphatic carbocycles. The molecule has 96 valence electrons. The molecule has 0 radical (unpaired) electrons. The molecule has 0 unspecified atom stereocenters. The van der Waals surface area contributed by atoms with Gasteiger partial charge in [-0.1, -0.05) is 11.6 Å². The molecule has 3 nitrogen and oxygen atoms in total. The minimum atomic E-state index is -0.370. The standard InChI is InChI=1S/C12H13ClN2OS2/c13-11-2-1-9(18-11)3-4-15-6-10-5-8(7-17-10)12(14)16/h1-2,5,7,15H,3-4,6H2,(H2,14,16). The highest BCUT2D eigenvalue weighted by atomic mass is 35.5. The fourth-order valence-corrected chi connectivity index (χ4v) is 3.44. The zero-order valence-electron chi connectivity index (χ0n) is 9.61. The van der Waals surface area contributed by atoms with Crippen molar-refractivity contribution in [2.24, 2.45) is 5.73 Å². The molecular weight excluding hydrogens is 288 g/mol. The number of carbonyl (C=O) groups is 1. The first-order valence-corrected chi connectivity index (χ1v) is 7.54.